The van der Waals surface area contributed by atoms with Crippen LogP contribution in [-0.4, -0.2) is 25.0 Å². The average Bonchev–Trinajstić information content (AvgIpc) is 3.32. The fraction of sp³-hybridized carbons (Fsp3) is 0.200. The van der Waals surface area contributed by atoms with Crippen molar-refractivity contribution in [3.8, 4) is 5.75 Å². The number of para-hydroxylation sites is 1. The van der Waals surface area contributed by atoms with Crippen LogP contribution in [0.5, 0.6) is 5.75 Å². The molecule has 0 N–H and O–H groups in total. The SMILES string of the molecule is COc1cccc([C@H]2[C@@H]3C(=O)N(c4ccc(C)c(Cl)c4)C(=O)[C@H]3ON2c2ccccc2)c1. The maximum atomic E-state index is 13.6. The number of anilines is 2. The van der Waals surface area contributed by atoms with Gasteiger partial charge >= 0.3 is 0 Å². The zero-order chi connectivity index (χ0) is 22.4. The van der Waals surface area contributed by atoms with E-state index in [0.717, 1.165) is 16.8 Å². The summed E-state index contributed by atoms with van der Waals surface area (Å²) in [5.41, 5.74) is 2.91. The summed E-state index contributed by atoms with van der Waals surface area (Å²) in [6.07, 6.45) is -0.931. The monoisotopic (exact) mass is 448 g/mol. The van der Waals surface area contributed by atoms with Crippen molar-refractivity contribution in [1.82, 2.24) is 0 Å². The number of hydrogen-bond acceptors (Lipinski definition) is 5. The van der Waals surface area contributed by atoms with Gasteiger partial charge in [0, 0.05) is 5.02 Å². The van der Waals surface area contributed by atoms with Gasteiger partial charge in [-0.05, 0) is 54.4 Å². The number of carbonyl (C=O) groups excluding carboxylic acids is 2. The van der Waals surface area contributed by atoms with Crippen molar-refractivity contribution in [3.63, 3.8) is 0 Å². The van der Waals surface area contributed by atoms with Crippen LogP contribution in [0.3, 0.4) is 0 Å². The maximum absolute atomic E-state index is 13.6. The summed E-state index contributed by atoms with van der Waals surface area (Å²) in [5, 5.41) is 2.16. The molecule has 162 valence electrons. The van der Waals surface area contributed by atoms with Crippen LogP contribution in [0.15, 0.2) is 72.8 Å². The molecule has 5 rings (SSSR count). The number of hydrogen-bond donors (Lipinski definition) is 0. The Morgan fingerprint density at radius 3 is 2.41 bits per heavy atom. The lowest BCUT2D eigenvalue weighted by Gasteiger charge is -2.29. The first-order valence-corrected chi connectivity index (χ1v) is 10.7. The number of hydroxylamine groups is 1. The number of methoxy groups -OCH3 is 1. The molecule has 3 aromatic carbocycles. The topological polar surface area (TPSA) is 59.1 Å². The number of fused-ring (bicyclic) bond motifs is 1. The summed E-state index contributed by atoms with van der Waals surface area (Å²) >= 11 is 6.27. The van der Waals surface area contributed by atoms with Gasteiger partial charge in [-0.3, -0.25) is 14.4 Å². The van der Waals surface area contributed by atoms with Gasteiger partial charge in [-0.2, -0.15) is 0 Å². The molecule has 0 aromatic heterocycles. The smallest absolute Gasteiger partial charge is 0.266 e. The number of benzene rings is 3. The van der Waals surface area contributed by atoms with Gasteiger partial charge < -0.3 is 4.74 Å². The van der Waals surface area contributed by atoms with Gasteiger partial charge in [0.2, 0.25) is 5.91 Å². The van der Waals surface area contributed by atoms with E-state index in [1.165, 1.54) is 4.90 Å². The molecule has 2 amide bonds. The van der Waals surface area contributed by atoms with Crippen LogP contribution >= 0.6 is 11.6 Å². The Kier molecular flexibility index (Phi) is 5.12. The van der Waals surface area contributed by atoms with Gasteiger partial charge in [-0.25, -0.2) is 9.96 Å². The van der Waals surface area contributed by atoms with Crippen LogP contribution in [0.25, 0.3) is 0 Å². The van der Waals surface area contributed by atoms with Gasteiger partial charge in [-0.15, -0.1) is 0 Å². The third-order valence-corrected chi connectivity index (χ3v) is 6.38. The molecule has 0 spiro atoms. The van der Waals surface area contributed by atoms with Crippen molar-refractivity contribution in [2.45, 2.75) is 19.1 Å². The number of aryl methyl sites for hydroxylation is 1. The van der Waals surface area contributed by atoms with Gasteiger partial charge in [0.1, 0.15) is 11.7 Å². The molecule has 3 atom stereocenters. The van der Waals surface area contributed by atoms with Crippen molar-refractivity contribution in [1.29, 1.82) is 0 Å². The molecule has 32 heavy (non-hydrogen) atoms. The summed E-state index contributed by atoms with van der Waals surface area (Å²) in [7, 11) is 1.59. The quantitative estimate of drug-likeness (QED) is 0.541. The summed E-state index contributed by atoms with van der Waals surface area (Å²) in [6, 6.07) is 21.6. The predicted molar refractivity (Wildman–Crippen MR) is 122 cm³/mol. The number of nitrogens with zero attached hydrogens (tertiary/aromatic N) is 2. The van der Waals surface area contributed by atoms with Crippen LogP contribution < -0.4 is 14.7 Å². The van der Waals surface area contributed by atoms with Gasteiger partial charge in [0.25, 0.3) is 5.91 Å². The van der Waals surface area contributed by atoms with Crippen molar-refractivity contribution in [3.05, 3.63) is 88.9 Å². The Morgan fingerprint density at radius 2 is 1.69 bits per heavy atom. The Labute approximate surface area is 190 Å². The number of rotatable bonds is 4. The molecule has 2 aliphatic heterocycles. The number of amides is 2. The fourth-order valence-electron chi connectivity index (χ4n) is 4.35. The van der Waals surface area contributed by atoms with Gasteiger partial charge in [-0.1, -0.05) is 48.0 Å². The lowest BCUT2D eigenvalue weighted by Crippen LogP contribution is -2.37. The predicted octanol–water partition coefficient (Wildman–Crippen LogP) is 4.71. The van der Waals surface area contributed by atoms with Crippen LogP contribution in [0.2, 0.25) is 5.02 Å². The second kappa shape index (κ2) is 7.97. The number of ether oxygens (including phenoxy) is 1. The van der Waals surface area contributed by atoms with E-state index in [4.69, 9.17) is 21.2 Å². The largest absolute Gasteiger partial charge is 0.497 e. The molecule has 0 bridgehead atoms. The van der Waals surface area contributed by atoms with E-state index < -0.39 is 24.0 Å². The molecule has 0 aliphatic carbocycles. The Bertz CT molecular complexity index is 1200. The molecule has 2 aliphatic rings. The van der Waals surface area contributed by atoms with Gasteiger partial charge in [0.15, 0.2) is 6.10 Å². The van der Waals surface area contributed by atoms with Crippen LogP contribution in [0.4, 0.5) is 11.4 Å². The van der Waals surface area contributed by atoms with E-state index in [1.54, 1.807) is 30.4 Å². The Balaban J connectivity index is 1.59. The van der Waals surface area contributed by atoms with E-state index in [-0.39, 0.29) is 5.91 Å². The summed E-state index contributed by atoms with van der Waals surface area (Å²) in [4.78, 5) is 34.3. The van der Waals surface area contributed by atoms with Gasteiger partial charge in [0.05, 0.1) is 24.5 Å². The Morgan fingerprint density at radius 1 is 0.906 bits per heavy atom. The highest BCUT2D eigenvalue weighted by atomic mass is 35.5. The first-order valence-electron chi connectivity index (χ1n) is 10.3. The lowest BCUT2D eigenvalue weighted by molar-refractivity contribution is -0.126. The number of imide groups is 1. The molecule has 0 saturated carbocycles. The maximum Gasteiger partial charge on any atom is 0.266 e. The molecular weight excluding hydrogens is 428 g/mol. The highest BCUT2D eigenvalue weighted by Gasteiger charge is 2.60. The van der Waals surface area contributed by atoms with E-state index in [9.17, 15) is 9.59 Å². The molecule has 0 radical (unpaired) electrons. The van der Waals surface area contributed by atoms with Crippen molar-refractivity contribution >= 4 is 34.8 Å². The molecule has 2 heterocycles. The van der Waals surface area contributed by atoms with Crippen molar-refractivity contribution < 1.29 is 19.2 Å². The zero-order valence-electron chi connectivity index (χ0n) is 17.6. The van der Waals surface area contributed by atoms with Crippen molar-refractivity contribution in [2.75, 3.05) is 17.1 Å². The molecule has 0 unspecified atom stereocenters. The van der Waals surface area contributed by atoms with E-state index in [1.807, 2.05) is 61.5 Å². The van der Waals surface area contributed by atoms with Crippen LogP contribution in [0, 0.1) is 12.8 Å². The average molecular weight is 449 g/mol. The summed E-state index contributed by atoms with van der Waals surface area (Å²) in [6.45, 7) is 1.87. The molecule has 7 heteroatoms. The minimum absolute atomic E-state index is 0.314. The highest BCUT2D eigenvalue weighted by Crippen LogP contribution is 2.48. The fourth-order valence-corrected chi connectivity index (χ4v) is 4.53. The molecule has 3 aromatic rings. The number of carbonyl (C=O) groups is 2. The zero-order valence-corrected chi connectivity index (χ0v) is 18.3. The van der Waals surface area contributed by atoms with E-state index in [2.05, 4.69) is 0 Å². The third-order valence-electron chi connectivity index (χ3n) is 5.98. The second-order valence-electron chi connectivity index (χ2n) is 7.88. The number of halogens is 1. The first kappa shape index (κ1) is 20.5. The molecule has 2 fully saturated rings. The third kappa shape index (κ3) is 3.23. The standard InChI is InChI=1S/C25H21ClN2O4/c1-15-11-12-18(14-20(15)26)27-24(29)21-22(16-7-6-10-19(13-16)31-2)28(32-23(21)25(27)30)17-8-4-3-5-9-17/h3-14,21-23H,1-2H3/t21-,22-,23-/m0/s1. The van der Waals surface area contributed by atoms with Crippen LogP contribution in [-0.2, 0) is 14.4 Å². The van der Waals surface area contributed by atoms with E-state index >= 15 is 0 Å². The minimum Gasteiger partial charge on any atom is -0.497 e. The second-order valence-corrected chi connectivity index (χ2v) is 8.29. The molecule has 2 saturated heterocycles. The first-order chi connectivity index (χ1) is 15.5. The lowest BCUT2D eigenvalue weighted by atomic mass is 9.90. The van der Waals surface area contributed by atoms with Crippen LogP contribution in [0.1, 0.15) is 17.2 Å². The summed E-state index contributed by atoms with van der Waals surface area (Å²) in [5.74, 6) is -0.759. The summed E-state index contributed by atoms with van der Waals surface area (Å²) < 4.78 is 5.39. The van der Waals surface area contributed by atoms with E-state index in [0.29, 0.717) is 16.5 Å². The normalized spacial score (nSPS) is 22.4. The Hall–Kier alpha value is -3.35. The highest BCUT2D eigenvalue weighted by molar-refractivity contribution is 6.32. The minimum atomic E-state index is -0.931. The van der Waals surface area contributed by atoms with Crippen molar-refractivity contribution in [2.24, 2.45) is 5.92 Å². The molecule has 6 nitrogen and oxygen atoms in total. The molecular formula is C25H21ClN2O4.